The molecule has 9 heteroatoms. The normalized spacial score (nSPS) is 16.0. The number of halogens is 1. The van der Waals surface area contributed by atoms with Crippen LogP contribution in [0.1, 0.15) is 17.7 Å². The Balaban J connectivity index is 1.35. The lowest BCUT2D eigenvalue weighted by Gasteiger charge is -2.36. The highest BCUT2D eigenvalue weighted by Gasteiger charge is 2.25. The molecule has 0 spiro atoms. The Morgan fingerprint density at radius 1 is 1.12 bits per heavy atom. The monoisotopic (exact) mass is 475 g/mol. The molecule has 0 saturated carbocycles. The largest absolute Gasteiger partial charge is 0.368 e. The number of aromatic nitrogens is 2. The van der Waals surface area contributed by atoms with E-state index in [1.54, 1.807) is 0 Å². The second kappa shape index (κ2) is 10.3. The molecule has 1 aromatic carbocycles. The fourth-order valence-corrected chi connectivity index (χ4v) is 5.43. The molecule has 0 radical (unpaired) electrons. The summed E-state index contributed by atoms with van der Waals surface area (Å²) in [5.41, 5.74) is 3.21. The van der Waals surface area contributed by atoms with Crippen LogP contribution in [0.3, 0.4) is 0 Å². The molecule has 7 nitrogen and oxygen atoms in total. The fraction of sp³-hybridized carbons (Fsp3) is 0.522. The summed E-state index contributed by atoms with van der Waals surface area (Å²) < 4.78 is 1.82. The predicted octanol–water partition coefficient (Wildman–Crippen LogP) is 2.39. The van der Waals surface area contributed by atoms with Crippen molar-refractivity contribution in [3.05, 3.63) is 51.0 Å². The minimum absolute atomic E-state index is 0.107. The standard InChI is InChI=1S/C23H30ClN5O2S/c1-26(2)10-15-29-20-5-3-4-19(20)22(25-23(29)31)32-16-21(30)28-13-11-27(12-14-28)18-8-6-17(24)7-9-18/h6-9H,3-5,10-16H2,1-2H3. The van der Waals surface area contributed by atoms with Gasteiger partial charge in [0.15, 0.2) is 0 Å². The third kappa shape index (κ3) is 5.30. The number of fused-ring (bicyclic) bond motifs is 1. The van der Waals surface area contributed by atoms with Crippen LogP contribution >= 0.6 is 23.4 Å². The molecule has 1 saturated heterocycles. The third-order valence-corrected chi connectivity index (χ3v) is 7.38. The fourth-order valence-electron chi connectivity index (χ4n) is 4.32. The maximum atomic E-state index is 12.8. The molecule has 2 heterocycles. The van der Waals surface area contributed by atoms with E-state index < -0.39 is 0 Å². The molecule has 2 aromatic rings. The van der Waals surface area contributed by atoms with Crippen molar-refractivity contribution in [1.82, 2.24) is 19.4 Å². The summed E-state index contributed by atoms with van der Waals surface area (Å²) in [4.78, 5) is 36.1. The third-order valence-electron chi connectivity index (χ3n) is 6.13. The van der Waals surface area contributed by atoms with E-state index in [1.165, 1.54) is 11.8 Å². The first kappa shape index (κ1) is 23.1. The Kier molecular flexibility index (Phi) is 7.43. The van der Waals surface area contributed by atoms with Gasteiger partial charge < -0.3 is 14.7 Å². The summed E-state index contributed by atoms with van der Waals surface area (Å²) in [7, 11) is 4.01. The molecule has 1 fully saturated rings. The summed E-state index contributed by atoms with van der Waals surface area (Å²) in [5, 5.41) is 1.47. The average Bonchev–Trinajstić information content (AvgIpc) is 3.27. The Bertz CT molecular complexity index is 1020. The first-order chi connectivity index (χ1) is 15.4. The number of carbonyl (C=O) groups excluding carboxylic acids is 1. The SMILES string of the molecule is CN(C)CCn1c2c(c(SCC(=O)N3CCN(c4ccc(Cl)cc4)CC3)nc1=O)CCC2. The van der Waals surface area contributed by atoms with Crippen LogP contribution in [0.15, 0.2) is 34.1 Å². The van der Waals surface area contributed by atoms with Crippen molar-refractivity contribution in [2.75, 3.05) is 57.5 Å². The van der Waals surface area contributed by atoms with Crippen LogP contribution < -0.4 is 10.6 Å². The highest BCUT2D eigenvalue weighted by atomic mass is 35.5. The van der Waals surface area contributed by atoms with Crippen LogP contribution in [-0.4, -0.2) is 77.8 Å². The highest BCUT2D eigenvalue weighted by Crippen LogP contribution is 2.29. The lowest BCUT2D eigenvalue weighted by atomic mass is 10.2. The molecule has 1 aliphatic heterocycles. The van der Waals surface area contributed by atoms with Gasteiger partial charge >= 0.3 is 5.69 Å². The summed E-state index contributed by atoms with van der Waals surface area (Å²) in [6, 6.07) is 7.82. The van der Waals surface area contributed by atoms with E-state index in [0.29, 0.717) is 25.4 Å². The van der Waals surface area contributed by atoms with Crippen molar-refractivity contribution in [3.63, 3.8) is 0 Å². The van der Waals surface area contributed by atoms with E-state index in [2.05, 4.69) is 14.8 Å². The van der Waals surface area contributed by atoms with E-state index in [4.69, 9.17) is 11.6 Å². The Morgan fingerprint density at radius 2 is 1.84 bits per heavy atom. The van der Waals surface area contributed by atoms with E-state index >= 15 is 0 Å². The van der Waals surface area contributed by atoms with Crippen molar-refractivity contribution in [2.24, 2.45) is 0 Å². The van der Waals surface area contributed by atoms with Gasteiger partial charge in [-0.15, -0.1) is 0 Å². The smallest absolute Gasteiger partial charge is 0.348 e. The molecule has 32 heavy (non-hydrogen) atoms. The predicted molar refractivity (Wildman–Crippen MR) is 130 cm³/mol. The Labute approximate surface area is 198 Å². The van der Waals surface area contributed by atoms with Crippen molar-refractivity contribution in [3.8, 4) is 0 Å². The topological polar surface area (TPSA) is 61.7 Å². The van der Waals surface area contributed by atoms with Crippen molar-refractivity contribution in [2.45, 2.75) is 30.8 Å². The molecular weight excluding hydrogens is 446 g/mol. The van der Waals surface area contributed by atoms with Crippen LogP contribution in [0, 0.1) is 0 Å². The molecule has 2 aliphatic rings. The number of amides is 1. The van der Waals surface area contributed by atoms with Crippen LogP contribution in [0.5, 0.6) is 0 Å². The molecule has 0 bridgehead atoms. The van der Waals surface area contributed by atoms with Gasteiger partial charge in [-0.1, -0.05) is 23.4 Å². The van der Waals surface area contributed by atoms with Gasteiger partial charge in [-0.3, -0.25) is 9.36 Å². The minimum atomic E-state index is -0.195. The number of likely N-dealkylation sites (N-methyl/N-ethyl adjacent to an activating group) is 1. The van der Waals surface area contributed by atoms with Crippen LogP contribution in [0.4, 0.5) is 5.69 Å². The Hall–Kier alpha value is -2.03. The molecule has 1 aliphatic carbocycles. The van der Waals surface area contributed by atoms with Gasteiger partial charge in [0, 0.05) is 61.2 Å². The molecule has 1 amide bonds. The number of carbonyl (C=O) groups is 1. The average molecular weight is 476 g/mol. The summed E-state index contributed by atoms with van der Waals surface area (Å²) in [5.74, 6) is 0.428. The number of thioether (sulfide) groups is 1. The lowest BCUT2D eigenvalue weighted by Crippen LogP contribution is -2.49. The summed E-state index contributed by atoms with van der Waals surface area (Å²) in [6.45, 7) is 4.45. The molecular formula is C23H30ClN5O2S. The molecule has 172 valence electrons. The second-order valence-electron chi connectivity index (χ2n) is 8.57. The zero-order chi connectivity index (χ0) is 22.7. The molecule has 0 atom stereocenters. The van der Waals surface area contributed by atoms with Gasteiger partial charge in [-0.2, -0.15) is 4.98 Å². The Morgan fingerprint density at radius 3 is 2.53 bits per heavy atom. The van der Waals surface area contributed by atoms with Gasteiger partial charge in [-0.05, 0) is 57.6 Å². The summed E-state index contributed by atoms with van der Waals surface area (Å²) >= 11 is 7.40. The molecule has 4 rings (SSSR count). The zero-order valence-corrected chi connectivity index (χ0v) is 20.3. The summed E-state index contributed by atoms with van der Waals surface area (Å²) in [6.07, 6.45) is 2.88. The number of anilines is 1. The maximum absolute atomic E-state index is 12.8. The van der Waals surface area contributed by atoms with Crippen LogP contribution in [0.2, 0.25) is 5.02 Å². The second-order valence-corrected chi connectivity index (χ2v) is 9.97. The van der Waals surface area contributed by atoms with Crippen molar-refractivity contribution in [1.29, 1.82) is 0 Å². The zero-order valence-electron chi connectivity index (χ0n) is 18.7. The van der Waals surface area contributed by atoms with Gasteiger partial charge in [0.25, 0.3) is 0 Å². The first-order valence-corrected chi connectivity index (χ1v) is 12.5. The minimum Gasteiger partial charge on any atom is -0.368 e. The number of hydrogen-bond acceptors (Lipinski definition) is 6. The van der Waals surface area contributed by atoms with E-state index in [-0.39, 0.29) is 11.6 Å². The quantitative estimate of drug-likeness (QED) is 0.452. The van der Waals surface area contributed by atoms with Gasteiger partial charge in [0.1, 0.15) is 5.03 Å². The van der Waals surface area contributed by atoms with E-state index in [9.17, 15) is 9.59 Å². The molecule has 0 N–H and O–H groups in total. The van der Waals surface area contributed by atoms with E-state index in [1.807, 2.05) is 47.8 Å². The number of hydrogen-bond donors (Lipinski definition) is 0. The maximum Gasteiger partial charge on any atom is 0.348 e. The number of piperazine rings is 1. The van der Waals surface area contributed by atoms with Crippen molar-refractivity contribution >= 4 is 35.0 Å². The van der Waals surface area contributed by atoms with Crippen LogP contribution in [0.25, 0.3) is 0 Å². The van der Waals surface area contributed by atoms with Gasteiger partial charge in [0.2, 0.25) is 5.91 Å². The van der Waals surface area contributed by atoms with Crippen molar-refractivity contribution < 1.29 is 4.79 Å². The van der Waals surface area contributed by atoms with Crippen LogP contribution in [-0.2, 0) is 24.2 Å². The first-order valence-electron chi connectivity index (χ1n) is 11.1. The number of rotatable bonds is 7. The number of benzene rings is 1. The van der Waals surface area contributed by atoms with E-state index in [0.717, 1.165) is 65.9 Å². The highest BCUT2D eigenvalue weighted by molar-refractivity contribution is 7.99. The number of nitrogens with zero attached hydrogens (tertiary/aromatic N) is 5. The molecule has 1 aromatic heterocycles. The van der Waals surface area contributed by atoms with Gasteiger partial charge in [0.05, 0.1) is 5.75 Å². The molecule has 0 unspecified atom stereocenters. The lowest BCUT2D eigenvalue weighted by molar-refractivity contribution is -0.128. The van der Waals surface area contributed by atoms with Gasteiger partial charge in [-0.25, -0.2) is 4.79 Å².